The number of carbonyl (C=O) groups excluding carboxylic acids is 2. The number of esters is 2. The van der Waals surface area contributed by atoms with Crippen molar-refractivity contribution in [1.29, 1.82) is 5.26 Å². The quantitative estimate of drug-likeness (QED) is 0.107. The highest BCUT2D eigenvalue weighted by atomic mass is 16.7. The van der Waals surface area contributed by atoms with Gasteiger partial charge in [0.25, 0.3) is 0 Å². The Balaban J connectivity index is 0.000000172. The lowest BCUT2D eigenvalue weighted by Crippen LogP contribution is -2.39. The van der Waals surface area contributed by atoms with Crippen molar-refractivity contribution in [2.75, 3.05) is 24.7 Å². The molecule has 10 rings (SSSR count). The highest BCUT2D eigenvalue weighted by Gasteiger charge is 2.54. The van der Waals surface area contributed by atoms with Crippen molar-refractivity contribution in [3.63, 3.8) is 0 Å². The van der Waals surface area contributed by atoms with Crippen molar-refractivity contribution in [1.82, 2.24) is 29.2 Å². The Bertz CT molecular complexity index is 3060. The van der Waals surface area contributed by atoms with Crippen LogP contribution >= 0.6 is 0 Å². The highest BCUT2D eigenvalue weighted by Crippen LogP contribution is 2.43. The van der Waals surface area contributed by atoms with Crippen LogP contribution in [0.5, 0.6) is 0 Å². The molecule has 4 aromatic heterocycles. The molecule has 0 spiro atoms. The van der Waals surface area contributed by atoms with Crippen molar-refractivity contribution in [2.24, 2.45) is 0 Å². The summed E-state index contributed by atoms with van der Waals surface area (Å²) in [5.41, 5.74) is 15.2. The van der Waals surface area contributed by atoms with E-state index >= 15 is 0 Å². The fraction of sp³-hybridized carbons (Fsp3) is 0.235. The Morgan fingerprint density at radius 3 is 1.57 bits per heavy atom. The van der Waals surface area contributed by atoms with E-state index < -0.39 is 47.7 Å². The monoisotopic (exact) mass is 929 g/mol. The van der Waals surface area contributed by atoms with Gasteiger partial charge >= 0.3 is 11.9 Å². The average molecular weight is 930 g/mol. The fourth-order valence-electron chi connectivity index (χ4n) is 8.40. The number of fused-ring (bicyclic) bond motifs is 2. The van der Waals surface area contributed by atoms with Crippen LogP contribution in [0, 0.1) is 11.3 Å². The summed E-state index contributed by atoms with van der Waals surface area (Å²) >= 11 is 0. The second-order valence-electron chi connectivity index (χ2n) is 16.3. The molecule has 2 saturated heterocycles. The number of nitrogens with two attached hydrogens (primary N) is 2. The van der Waals surface area contributed by atoms with Gasteiger partial charge in [-0.05, 0) is 59.7 Å². The van der Waals surface area contributed by atoms with Crippen LogP contribution in [0.1, 0.15) is 56.1 Å². The molecule has 2 aliphatic heterocycles. The summed E-state index contributed by atoms with van der Waals surface area (Å²) in [5, 5.41) is 30.6. The Morgan fingerprint density at radius 2 is 1.06 bits per heavy atom. The topological polar surface area (TPSA) is 246 Å². The van der Waals surface area contributed by atoms with Crippen molar-refractivity contribution < 1.29 is 43.1 Å². The van der Waals surface area contributed by atoms with Gasteiger partial charge in [-0.3, -0.25) is 0 Å². The van der Waals surface area contributed by atoms with Crippen molar-refractivity contribution >= 4 is 34.6 Å². The van der Waals surface area contributed by atoms with Gasteiger partial charge in [-0.15, -0.1) is 0 Å². The Labute approximate surface area is 395 Å². The van der Waals surface area contributed by atoms with Crippen molar-refractivity contribution in [3.8, 4) is 6.07 Å². The van der Waals surface area contributed by atoms with Gasteiger partial charge < -0.3 is 45.0 Å². The Kier molecular flexibility index (Phi) is 13.7. The fourth-order valence-corrected chi connectivity index (χ4v) is 8.40. The number of anilines is 2. The number of nitrogens with zero attached hydrogens (tertiary/aromatic N) is 7. The third-order valence-corrected chi connectivity index (χ3v) is 11.8. The zero-order chi connectivity index (χ0) is 47.8. The molecule has 0 radical (unpaired) electrons. The van der Waals surface area contributed by atoms with E-state index in [2.05, 4.69) is 26.2 Å². The van der Waals surface area contributed by atoms with Crippen LogP contribution in [0.2, 0.25) is 0 Å². The maximum atomic E-state index is 12.5. The normalized spacial score (nSPS) is 21.9. The van der Waals surface area contributed by atoms with Gasteiger partial charge in [0.1, 0.15) is 60.9 Å². The van der Waals surface area contributed by atoms with Crippen LogP contribution in [-0.4, -0.2) is 83.9 Å². The van der Waals surface area contributed by atoms with Gasteiger partial charge in [0.2, 0.25) is 11.4 Å². The number of benzene rings is 4. The number of ether oxygens (including phenoxy) is 6. The molecular formula is C51H47N9O9. The molecule has 2 aliphatic rings. The number of aliphatic hydroxyl groups is 1. The molecule has 6 atom stereocenters. The van der Waals surface area contributed by atoms with E-state index in [0.717, 1.165) is 11.1 Å². The molecule has 6 heterocycles. The first-order valence-electron chi connectivity index (χ1n) is 22.1. The standard InChI is InChI=1S/C26H23N5O4.C25H24N4O5/c27-16-26(22-12-11-21-24(28)29-17-30-31(21)22)23(33-14-18-7-3-1-4-8-18)13-20(35-26)15-34-25(32)19-9-5-2-6-10-19;26-23-20-11-12-21(29(20)28-16-27-23)25(31)22(32-14-17-7-3-1-4-8-17)13-19(34-25)15-33-24(30)18-9-5-2-6-10-18/h1-12,17,20,23H,13-15H2,(H2,28,29,30);1-12,16,19,22,31H,13-15H2,(H2,26,27,28)/t20-,23+,26?;19-,22+,25?/m00/s1. The van der Waals surface area contributed by atoms with Crippen molar-refractivity contribution in [3.05, 3.63) is 192 Å². The number of rotatable bonds is 14. The molecule has 0 bridgehead atoms. The van der Waals surface area contributed by atoms with Gasteiger partial charge in [-0.1, -0.05) is 97.1 Å². The van der Waals surface area contributed by atoms with Gasteiger partial charge in [-0.25, -0.2) is 28.6 Å². The van der Waals surface area contributed by atoms with Gasteiger partial charge in [0.15, 0.2) is 11.6 Å². The molecule has 0 amide bonds. The smallest absolute Gasteiger partial charge is 0.338 e. The summed E-state index contributed by atoms with van der Waals surface area (Å²) < 4.78 is 38.7. The van der Waals surface area contributed by atoms with E-state index in [-0.39, 0.29) is 38.1 Å². The summed E-state index contributed by atoms with van der Waals surface area (Å²) in [6, 6.07) is 45.9. The van der Waals surface area contributed by atoms with E-state index in [1.165, 1.54) is 17.2 Å². The molecule has 8 aromatic rings. The van der Waals surface area contributed by atoms with E-state index in [4.69, 9.17) is 39.9 Å². The predicted octanol–water partition coefficient (Wildman–Crippen LogP) is 5.95. The zero-order valence-corrected chi connectivity index (χ0v) is 37.1. The molecule has 18 heteroatoms. The minimum Gasteiger partial charge on any atom is -0.459 e. The third kappa shape index (κ3) is 9.85. The molecule has 350 valence electrons. The lowest BCUT2D eigenvalue weighted by atomic mass is 9.94. The lowest BCUT2D eigenvalue weighted by molar-refractivity contribution is -0.253. The molecule has 0 saturated carbocycles. The molecule has 2 fully saturated rings. The van der Waals surface area contributed by atoms with Crippen LogP contribution in [0.3, 0.4) is 0 Å². The summed E-state index contributed by atoms with van der Waals surface area (Å²) in [4.78, 5) is 32.9. The molecule has 5 N–H and O–H groups in total. The summed E-state index contributed by atoms with van der Waals surface area (Å²) in [7, 11) is 0. The number of nitriles is 1. The SMILES string of the molecule is N#CC1(c2ccc3c(N)ncnn23)O[C@H](COC(=O)c2ccccc2)C[C@H]1OCc1ccccc1.Nc1ncnn2c(C3(O)O[C@H](COC(=O)c4ccccc4)C[C@H]3OCc3ccccc3)ccc12. The molecule has 18 nitrogen and oxygen atoms in total. The van der Waals surface area contributed by atoms with E-state index in [1.807, 2.05) is 72.8 Å². The average Bonchev–Trinajstić information content (AvgIpc) is 4.19. The first-order chi connectivity index (χ1) is 33.6. The van der Waals surface area contributed by atoms with Crippen LogP contribution in [0.4, 0.5) is 11.6 Å². The Hall–Kier alpha value is -8.05. The number of aromatic nitrogens is 6. The maximum absolute atomic E-state index is 12.5. The van der Waals surface area contributed by atoms with Crippen LogP contribution in [0.25, 0.3) is 11.0 Å². The maximum Gasteiger partial charge on any atom is 0.338 e. The van der Waals surface area contributed by atoms with Gasteiger partial charge in [-0.2, -0.15) is 15.5 Å². The van der Waals surface area contributed by atoms with Crippen LogP contribution in [0.15, 0.2) is 158 Å². The number of hydrogen-bond donors (Lipinski definition) is 3. The zero-order valence-electron chi connectivity index (χ0n) is 37.1. The lowest BCUT2D eigenvalue weighted by Gasteiger charge is -2.28. The number of carbonyl (C=O) groups is 2. The second-order valence-corrected chi connectivity index (χ2v) is 16.3. The second kappa shape index (κ2) is 20.4. The van der Waals surface area contributed by atoms with Crippen molar-refractivity contribution in [2.45, 2.75) is 61.9 Å². The largest absolute Gasteiger partial charge is 0.459 e. The highest BCUT2D eigenvalue weighted by molar-refractivity contribution is 5.89. The minimum absolute atomic E-state index is 0.0250. The third-order valence-electron chi connectivity index (χ3n) is 11.8. The summed E-state index contributed by atoms with van der Waals surface area (Å²) in [6.45, 7) is 0.494. The number of nitrogen functional groups attached to an aromatic ring is 2. The van der Waals surface area contributed by atoms with E-state index in [9.17, 15) is 20.0 Å². The van der Waals surface area contributed by atoms with Crippen LogP contribution < -0.4 is 11.5 Å². The minimum atomic E-state index is -1.84. The predicted molar refractivity (Wildman–Crippen MR) is 248 cm³/mol. The summed E-state index contributed by atoms with van der Waals surface area (Å²) in [5.74, 6) is -2.20. The van der Waals surface area contributed by atoms with Gasteiger partial charge in [0.05, 0.1) is 42.2 Å². The number of hydrogen-bond acceptors (Lipinski definition) is 16. The van der Waals surface area contributed by atoms with E-state index in [0.29, 0.717) is 46.4 Å². The summed E-state index contributed by atoms with van der Waals surface area (Å²) in [6.07, 6.45) is 0.726. The van der Waals surface area contributed by atoms with E-state index in [1.54, 1.807) is 77.3 Å². The molecule has 2 unspecified atom stereocenters. The van der Waals surface area contributed by atoms with Crippen LogP contribution in [-0.2, 0) is 53.0 Å². The molecule has 69 heavy (non-hydrogen) atoms. The molecule has 4 aromatic carbocycles. The Morgan fingerprint density at radius 1 is 0.623 bits per heavy atom. The molecule has 0 aliphatic carbocycles. The first-order valence-corrected chi connectivity index (χ1v) is 22.1. The van der Waals surface area contributed by atoms with Gasteiger partial charge in [0, 0.05) is 12.8 Å². The first kappa shape index (κ1) is 46.1. The molecular weight excluding hydrogens is 883 g/mol.